The van der Waals surface area contributed by atoms with Gasteiger partial charge in [0, 0.05) is 5.75 Å². The van der Waals surface area contributed by atoms with Gasteiger partial charge in [-0.3, -0.25) is 0 Å². The van der Waals surface area contributed by atoms with Gasteiger partial charge in [0.05, 0.1) is 0 Å². The molecule has 0 aromatic carbocycles. The summed E-state index contributed by atoms with van der Waals surface area (Å²) in [7, 11) is -3.05. The van der Waals surface area contributed by atoms with Crippen molar-refractivity contribution in [2.45, 2.75) is 10.5 Å². The first-order valence-electron chi connectivity index (χ1n) is 2.00. The van der Waals surface area contributed by atoms with Crippen LogP contribution < -0.4 is 0 Å². The van der Waals surface area contributed by atoms with E-state index in [1.54, 1.807) is 6.92 Å². The Kier molecular flexibility index (Phi) is 3.31. The van der Waals surface area contributed by atoms with Crippen molar-refractivity contribution in [2.24, 2.45) is 0 Å². The van der Waals surface area contributed by atoms with Crippen molar-refractivity contribution in [1.29, 1.82) is 0 Å². The van der Waals surface area contributed by atoms with E-state index in [1.165, 1.54) is 0 Å². The minimum atomic E-state index is -3.05. The van der Waals surface area contributed by atoms with Gasteiger partial charge in [-0.2, -0.15) is 0 Å². The minimum absolute atomic E-state index is 0.0758. The summed E-state index contributed by atoms with van der Waals surface area (Å²) < 4.78 is 20.1. The Morgan fingerprint density at radius 1 is 1.75 bits per heavy atom. The molecule has 0 unspecified atom stereocenters. The van der Waals surface area contributed by atoms with Gasteiger partial charge in [0.15, 0.2) is 13.5 Å². The lowest BCUT2D eigenvalue weighted by Crippen LogP contribution is -2.10. The zero-order valence-corrected chi connectivity index (χ0v) is 7.42. The van der Waals surface area contributed by atoms with E-state index >= 15 is 0 Å². The predicted molar refractivity (Wildman–Crippen MR) is 38.0 cm³/mol. The summed E-state index contributed by atoms with van der Waals surface area (Å²) in [4.78, 5) is 0. The SMILES string of the molecule is CCS(=O)(=O)[C@H](Cl)Br. The highest BCUT2D eigenvalue weighted by Crippen LogP contribution is 2.13. The molecule has 50 valence electrons. The molecule has 8 heavy (non-hydrogen) atoms. The van der Waals surface area contributed by atoms with E-state index in [0.717, 1.165) is 0 Å². The summed E-state index contributed by atoms with van der Waals surface area (Å²) in [5, 5.41) is 0. The van der Waals surface area contributed by atoms with Gasteiger partial charge in [0.25, 0.3) is 0 Å². The molecule has 0 heterocycles. The van der Waals surface area contributed by atoms with Crippen molar-refractivity contribution in [3.05, 3.63) is 0 Å². The third-order valence-electron chi connectivity index (χ3n) is 0.674. The highest BCUT2D eigenvalue weighted by atomic mass is 79.9. The summed E-state index contributed by atoms with van der Waals surface area (Å²) in [6.45, 7) is 1.55. The van der Waals surface area contributed by atoms with Crippen molar-refractivity contribution in [2.75, 3.05) is 5.75 Å². The summed E-state index contributed by atoms with van der Waals surface area (Å²) in [5.74, 6) is 0.0758. The van der Waals surface area contributed by atoms with Gasteiger partial charge in [-0.15, -0.1) is 0 Å². The summed E-state index contributed by atoms with van der Waals surface area (Å²) in [5.41, 5.74) is 0. The second kappa shape index (κ2) is 3.03. The molecule has 0 saturated heterocycles. The maximum atomic E-state index is 10.5. The Balaban J connectivity index is 4.17. The monoisotopic (exact) mass is 220 g/mol. The Hall–Kier alpha value is 0.720. The van der Waals surface area contributed by atoms with E-state index in [2.05, 4.69) is 15.9 Å². The molecule has 5 heteroatoms. The van der Waals surface area contributed by atoms with Crippen LogP contribution in [0, 0.1) is 0 Å². The molecule has 2 nitrogen and oxygen atoms in total. The normalized spacial score (nSPS) is 15.9. The number of hydrogen-bond acceptors (Lipinski definition) is 2. The van der Waals surface area contributed by atoms with E-state index in [9.17, 15) is 8.42 Å². The van der Waals surface area contributed by atoms with Crippen molar-refractivity contribution in [1.82, 2.24) is 0 Å². The second-order valence-electron chi connectivity index (χ2n) is 1.21. The number of rotatable bonds is 2. The Morgan fingerprint density at radius 3 is 2.12 bits per heavy atom. The van der Waals surface area contributed by atoms with Crippen LogP contribution in [0.3, 0.4) is 0 Å². The third-order valence-corrected chi connectivity index (χ3v) is 4.54. The van der Waals surface area contributed by atoms with Gasteiger partial charge in [-0.25, -0.2) is 8.42 Å². The zero-order chi connectivity index (χ0) is 6.78. The first-order chi connectivity index (χ1) is 3.50. The van der Waals surface area contributed by atoms with Crippen LogP contribution in [0.2, 0.25) is 0 Å². The van der Waals surface area contributed by atoms with Crippen LogP contribution in [-0.2, 0) is 9.84 Å². The van der Waals surface area contributed by atoms with Crippen LogP contribution >= 0.6 is 27.5 Å². The fraction of sp³-hybridized carbons (Fsp3) is 1.00. The second-order valence-corrected chi connectivity index (χ2v) is 6.33. The maximum Gasteiger partial charge on any atom is 0.189 e. The average Bonchev–Trinajstić information content (AvgIpc) is 1.67. The molecule has 1 atom stereocenters. The molecule has 0 spiro atoms. The molecule has 0 amide bonds. The molecule has 0 fully saturated rings. The van der Waals surface area contributed by atoms with Gasteiger partial charge in [0.2, 0.25) is 0 Å². The summed E-state index contributed by atoms with van der Waals surface area (Å²) in [6.07, 6.45) is 0. The van der Waals surface area contributed by atoms with Crippen LogP contribution in [0.5, 0.6) is 0 Å². The van der Waals surface area contributed by atoms with E-state index in [1.807, 2.05) is 0 Å². The van der Waals surface area contributed by atoms with E-state index < -0.39 is 13.5 Å². The van der Waals surface area contributed by atoms with Crippen molar-refractivity contribution >= 4 is 37.4 Å². The summed E-state index contributed by atoms with van der Waals surface area (Å²) >= 11 is 7.93. The fourth-order valence-electron chi connectivity index (χ4n) is 0.126. The molecular formula is C3H6BrClO2S. The van der Waals surface area contributed by atoms with Gasteiger partial charge in [-0.1, -0.05) is 34.5 Å². The molecule has 0 aliphatic rings. The number of halogens is 2. The van der Waals surface area contributed by atoms with E-state index in [0.29, 0.717) is 0 Å². The molecule has 0 aliphatic heterocycles. The Labute approximate surface area is 62.3 Å². The van der Waals surface area contributed by atoms with Crippen LogP contribution in [-0.4, -0.2) is 17.8 Å². The molecule has 0 N–H and O–H groups in total. The molecular weight excluding hydrogens is 215 g/mol. The third kappa shape index (κ3) is 2.33. The van der Waals surface area contributed by atoms with Crippen LogP contribution in [0.25, 0.3) is 0 Å². The lowest BCUT2D eigenvalue weighted by Gasteiger charge is -1.97. The van der Waals surface area contributed by atoms with E-state index in [4.69, 9.17) is 11.6 Å². The van der Waals surface area contributed by atoms with Crippen molar-refractivity contribution in [3.8, 4) is 0 Å². The van der Waals surface area contributed by atoms with Gasteiger partial charge < -0.3 is 0 Å². The van der Waals surface area contributed by atoms with Crippen molar-refractivity contribution < 1.29 is 8.42 Å². The highest BCUT2D eigenvalue weighted by molar-refractivity contribution is 9.11. The molecule has 0 aromatic heterocycles. The lowest BCUT2D eigenvalue weighted by molar-refractivity contribution is 0.600. The molecule has 0 bridgehead atoms. The fourth-order valence-corrected chi connectivity index (χ4v) is 1.55. The Bertz CT molecular complexity index is 151. The standard InChI is InChI=1S/C3H6BrClO2S/c1-2-8(6,7)3(4)5/h3H,2H2,1H3/t3-/m0/s1. The average molecular weight is 222 g/mol. The molecule has 0 radical (unpaired) electrons. The predicted octanol–water partition coefficient (Wildman–Crippen LogP) is 1.34. The lowest BCUT2D eigenvalue weighted by atomic mass is 11.0. The first kappa shape index (κ1) is 8.72. The van der Waals surface area contributed by atoms with Gasteiger partial charge in [-0.05, 0) is 0 Å². The van der Waals surface area contributed by atoms with Crippen LogP contribution in [0.15, 0.2) is 0 Å². The maximum absolute atomic E-state index is 10.5. The largest absolute Gasteiger partial charge is 0.226 e. The molecule has 0 aromatic rings. The van der Waals surface area contributed by atoms with Crippen LogP contribution in [0.4, 0.5) is 0 Å². The first-order valence-corrected chi connectivity index (χ1v) is 5.07. The van der Waals surface area contributed by atoms with Gasteiger partial charge >= 0.3 is 0 Å². The zero-order valence-electron chi connectivity index (χ0n) is 4.27. The van der Waals surface area contributed by atoms with Crippen LogP contribution in [0.1, 0.15) is 6.92 Å². The molecule has 0 rings (SSSR count). The highest BCUT2D eigenvalue weighted by Gasteiger charge is 2.15. The van der Waals surface area contributed by atoms with E-state index in [-0.39, 0.29) is 5.75 Å². The number of hydrogen-bond donors (Lipinski definition) is 0. The summed E-state index contributed by atoms with van der Waals surface area (Å²) in [6, 6.07) is 0. The molecule has 0 saturated carbocycles. The smallest absolute Gasteiger partial charge is 0.189 e. The van der Waals surface area contributed by atoms with Gasteiger partial charge in [0.1, 0.15) is 0 Å². The topological polar surface area (TPSA) is 34.1 Å². The number of sulfone groups is 1. The van der Waals surface area contributed by atoms with Crippen molar-refractivity contribution in [3.63, 3.8) is 0 Å². The number of alkyl halides is 2. The molecule has 0 aliphatic carbocycles. The minimum Gasteiger partial charge on any atom is -0.226 e. The quantitative estimate of drug-likeness (QED) is 0.660. The Morgan fingerprint density at radius 2 is 2.12 bits per heavy atom.